The summed E-state index contributed by atoms with van der Waals surface area (Å²) in [4.78, 5) is 23.8. The van der Waals surface area contributed by atoms with Crippen molar-refractivity contribution in [3.05, 3.63) is 70.8 Å². The number of aromatic carboxylic acids is 1. The van der Waals surface area contributed by atoms with Crippen LogP contribution in [0.25, 0.3) is 11.1 Å². The van der Waals surface area contributed by atoms with Crippen molar-refractivity contribution < 1.29 is 19.4 Å². The van der Waals surface area contributed by atoms with Crippen LogP contribution in [0, 0.1) is 13.8 Å². The van der Waals surface area contributed by atoms with Gasteiger partial charge in [0.15, 0.2) is 11.5 Å². The Bertz CT molecular complexity index is 1170. The number of carboxylic acid groups (broad SMARTS) is 1. The number of carbonyl (C=O) groups is 2. The quantitative estimate of drug-likeness (QED) is 0.466. The summed E-state index contributed by atoms with van der Waals surface area (Å²) in [6.45, 7) is 4.14. The van der Waals surface area contributed by atoms with Crippen LogP contribution in [-0.2, 0) is 0 Å². The van der Waals surface area contributed by atoms with E-state index in [9.17, 15) is 14.7 Å². The van der Waals surface area contributed by atoms with Gasteiger partial charge in [-0.2, -0.15) is 0 Å². The number of benzene rings is 3. The van der Waals surface area contributed by atoms with Gasteiger partial charge in [-0.25, -0.2) is 4.79 Å². The van der Waals surface area contributed by atoms with Crippen molar-refractivity contribution >= 4 is 23.3 Å². The molecule has 0 fully saturated rings. The van der Waals surface area contributed by atoms with Gasteiger partial charge >= 0.3 is 5.97 Å². The Kier molecular flexibility index (Phi) is 4.47. The van der Waals surface area contributed by atoms with E-state index in [2.05, 4.69) is 42.7 Å². The molecule has 0 atom stereocenters. The Hall–Kier alpha value is -3.80. The lowest BCUT2D eigenvalue weighted by atomic mass is 9.99. The Morgan fingerprint density at radius 2 is 1.66 bits per heavy atom. The van der Waals surface area contributed by atoms with Gasteiger partial charge in [-0.1, -0.05) is 24.3 Å². The maximum absolute atomic E-state index is 12.0. The van der Waals surface area contributed by atoms with Gasteiger partial charge in [0.2, 0.25) is 0 Å². The molecule has 0 saturated heterocycles. The molecular weight excluding hydrogens is 368 g/mol. The summed E-state index contributed by atoms with van der Waals surface area (Å²) in [6, 6.07) is 14.8. The zero-order valence-corrected chi connectivity index (χ0v) is 16.3. The van der Waals surface area contributed by atoms with Gasteiger partial charge in [-0.3, -0.25) is 4.79 Å². The third kappa shape index (κ3) is 3.29. The third-order valence-corrected chi connectivity index (χ3v) is 5.12. The monoisotopic (exact) mass is 388 g/mol. The van der Waals surface area contributed by atoms with Crippen LogP contribution < -0.4 is 15.4 Å². The van der Waals surface area contributed by atoms with Crippen molar-refractivity contribution in [2.75, 3.05) is 12.4 Å². The SMILES string of the molecule is CNC(=O)c1cc2c(c(C(=O)O)c1)Nc1cc(-c3ccc(C)c(C)c3)ccc1O2. The number of hydrogen-bond donors (Lipinski definition) is 3. The molecule has 0 unspecified atom stereocenters. The van der Waals surface area contributed by atoms with Gasteiger partial charge in [-0.15, -0.1) is 0 Å². The van der Waals surface area contributed by atoms with Crippen LogP contribution in [0.4, 0.5) is 11.4 Å². The Balaban J connectivity index is 1.78. The summed E-state index contributed by atoms with van der Waals surface area (Å²) in [5, 5.41) is 15.3. The maximum Gasteiger partial charge on any atom is 0.337 e. The standard InChI is InChI=1S/C23H20N2O4/c1-12-4-5-14(8-13(12)2)15-6-7-19-18(10-15)25-21-17(23(27)28)9-16(22(26)24-3)11-20(21)29-19/h4-11,25H,1-3H3,(H,24,26)(H,27,28). The zero-order valence-electron chi connectivity index (χ0n) is 16.3. The van der Waals surface area contributed by atoms with Crippen LogP contribution >= 0.6 is 0 Å². The predicted octanol–water partition coefficient (Wildman–Crippen LogP) is 4.88. The second-order valence-corrected chi connectivity index (χ2v) is 7.02. The van der Waals surface area contributed by atoms with Crippen LogP contribution in [0.5, 0.6) is 11.5 Å². The van der Waals surface area contributed by atoms with Crippen LogP contribution in [-0.4, -0.2) is 24.0 Å². The number of anilines is 2. The van der Waals surface area contributed by atoms with Crippen LogP contribution in [0.3, 0.4) is 0 Å². The number of hydrogen-bond acceptors (Lipinski definition) is 4. The molecule has 29 heavy (non-hydrogen) atoms. The molecule has 3 N–H and O–H groups in total. The summed E-state index contributed by atoms with van der Waals surface area (Å²) >= 11 is 0. The maximum atomic E-state index is 12.0. The summed E-state index contributed by atoms with van der Waals surface area (Å²) in [5.41, 5.74) is 5.68. The number of fused-ring (bicyclic) bond motifs is 2. The molecule has 1 aliphatic rings. The molecule has 3 aromatic rings. The second kappa shape index (κ2) is 6.98. The van der Waals surface area contributed by atoms with Gasteiger partial charge < -0.3 is 20.5 Å². The molecular formula is C23H20N2O4. The molecule has 0 saturated carbocycles. The first-order chi connectivity index (χ1) is 13.9. The van der Waals surface area contributed by atoms with Crippen molar-refractivity contribution in [3.8, 4) is 22.6 Å². The number of rotatable bonds is 3. The van der Waals surface area contributed by atoms with Gasteiger partial charge in [0.25, 0.3) is 5.91 Å². The minimum absolute atomic E-state index is 0.0247. The number of amides is 1. The number of ether oxygens (including phenoxy) is 1. The summed E-state index contributed by atoms with van der Waals surface area (Å²) in [5.74, 6) is -0.655. The van der Waals surface area contributed by atoms with Gasteiger partial charge in [0, 0.05) is 12.6 Å². The van der Waals surface area contributed by atoms with E-state index in [0.29, 0.717) is 22.9 Å². The molecule has 0 radical (unpaired) electrons. The first kappa shape index (κ1) is 18.6. The fourth-order valence-electron chi connectivity index (χ4n) is 3.34. The second-order valence-electron chi connectivity index (χ2n) is 7.02. The van der Waals surface area contributed by atoms with Crippen molar-refractivity contribution in [2.24, 2.45) is 0 Å². The Labute approximate surface area is 168 Å². The highest BCUT2D eigenvalue weighted by atomic mass is 16.5. The minimum Gasteiger partial charge on any atom is -0.478 e. The molecule has 1 amide bonds. The average Bonchev–Trinajstić information content (AvgIpc) is 2.72. The van der Waals surface area contributed by atoms with E-state index in [0.717, 1.165) is 11.1 Å². The van der Waals surface area contributed by atoms with E-state index in [1.165, 1.54) is 30.3 Å². The first-order valence-electron chi connectivity index (χ1n) is 9.17. The molecule has 6 nitrogen and oxygen atoms in total. The fourth-order valence-corrected chi connectivity index (χ4v) is 3.34. The molecule has 146 valence electrons. The van der Waals surface area contributed by atoms with Gasteiger partial charge in [-0.05, 0) is 60.4 Å². The van der Waals surface area contributed by atoms with Crippen LogP contribution in [0.15, 0.2) is 48.5 Å². The lowest BCUT2D eigenvalue weighted by Crippen LogP contribution is -2.19. The number of nitrogens with one attached hydrogen (secondary N) is 2. The highest BCUT2D eigenvalue weighted by molar-refractivity contribution is 6.03. The normalized spacial score (nSPS) is 11.6. The Morgan fingerprint density at radius 1 is 0.931 bits per heavy atom. The van der Waals surface area contributed by atoms with Crippen molar-refractivity contribution in [1.29, 1.82) is 0 Å². The molecule has 0 bridgehead atoms. The highest BCUT2D eigenvalue weighted by Gasteiger charge is 2.25. The number of aryl methyl sites for hydroxylation is 2. The molecule has 4 rings (SSSR count). The van der Waals surface area contributed by atoms with Crippen molar-refractivity contribution in [1.82, 2.24) is 5.32 Å². The van der Waals surface area contributed by atoms with Crippen molar-refractivity contribution in [2.45, 2.75) is 13.8 Å². The van der Waals surface area contributed by atoms with E-state index in [1.54, 1.807) is 0 Å². The first-order valence-corrected chi connectivity index (χ1v) is 9.17. The van der Waals surface area contributed by atoms with E-state index in [1.807, 2.05) is 18.2 Å². The van der Waals surface area contributed by atoms with E-state index in [-0.39, 0.29) is 17.0 Å². The summed E-state index contributed by atoms with van der Waals surface area (Å²) in [7, 11) is 1.49. The number of carboxylic acids is 1. The molecule has 3 aromatic carbocycles. The van der Waals surface area contributed by atoms with E-state index in [4.69, 9.17) is 4.74 Å². The molecule has 6 heteroatoms. The predicted molar refractivity (Wildman–Crippen MR) is 112 cm³/mol. The third-order valence-electron chi connectivity index (χ3n) is 5.12. The number of carbonyl (C=O) groups excluding carboxylic acids is 1. The van der Waals surface area contributed by atoms with E-state index >= 15 is 0 Å². The van der Waals surface area contributed by atoms with Crippen LogP contribution in [0.1, 0.15) is 31.8 Å². The molecule has 0 aromatic heterocycles. The summed E-state index contributed by atoms with van der Waals surface area (Å²) in [6.07, 6.45) is 0. The average molecular weight is 388 g/mol. The lowest BCUT2D eigenvalue weighted by Gasteiger charge is -2.24. The molecule has 1 aliphatic heterocycles. The van der Waals surface area contributed by atoms with E-state index < -0.39 is 5.97 Å². The zero-order chi connectivity index (χ0) is 20.7. The van der Waals surface area contributed by atoms with Crippen molar-refractivity contribution in [3.63, 3.8) is 0 Å². The van der Waals surface area contributed by atoms with Gasteiger partial charge in [0.05, 0.1) is 16.9 Å². The molecule has 1 heterocycles. The molecule has 0 aliphatic carbocycles. The summed E-state index contributed by atoms with van der Waals surface area (Å²) < 4.78 is 5.93. The largest absolute Gasteiger partial charge is 0.478 e. The fraction of sp³-hybridized carbons (Fsp3) is 0.130. The minimum atomic E-state index is -1.14. The highest BCUT2D eigenvalue weighted by Crippen LogP contribution is 2.45. The Morgan fingerprint density at radius 3 is 2.34 bits per heavy atom. The molecule has 0 spiro atoms. The smallest absolute Gasteiger partial charge is 0.337 e. The topological polar surface area (TPSA) is 87.7 Å². The lowest BCUT2D eigenvalue weighted by molar-refractivity contribution is 0.0697. The van der Waals surface area contributed by atoms with Gasteiger partial charge in [0.1, 0.15) is 0 Å². The van der Waals surface area contributed by atoms with Crippen LogP contribution in [0.2, 0.25) is 0 Å².